The maximum atomic E-state index is 12.3. The average Bonchev–Trinajstić information content (AvgIpc) is 2.98. The molecule has 2 aromatic carbocycles. The molecule has 46 heavy (non-hydrogen) atoms. The van der Waals surface area contributed by atoms with Crippen molar-refractivity contribution in [2.75, 3.05) is 13.7 Å². The summed E-state index contributed by atoms with van der Waals surface area (Å²) >= 11 is 5.80. The number of urea groups is 1. The fraction of sp³-hybridized carbons (Fsp3) is 0.486. The van der Waals surface area contributed by atoms with E-state index < -0.39 is 41.5 Å². The molecule has 10 nitrogen and oxygen atoms in total. The first-order chi connectivity index (χ1) is 21.5. The predicted molar refractivity (Wildman–Crippen MR) is 181 cm³/mol. The fourth-order valence-corrected chi connectivity index (χ4v) is 3.81. The number of allylic oxidation sites excluding steroid dienone is 1. The van der Waals surface area contributed by atoms with Gasteiger partial charge in [-0.25, -0.2) is 9.59 Å². The highest BCUT2D eigenvalue weighted by atomic mass is 35.5. The van der Waals surface area contributed by atoms with E-state index in [4.69, 9.17) is 31.3 Å². The molecule has 0 saturated carbocycles. The van der Waals surface area contributed by atoms with Crippen LogP contribution >= 0.6 is 11.6 Å². The maximum Gasteiger partial charge on any atom is 0.345 e. The minimum absolute atomic E-state index is 0.0283. The average molecular weight is 663 g/mol. The van der Waals surface area contributed by atoms with Crippen molar-refractivity contribution in [2.24, 2.45) is 11.3 Å². The summed E-state index contributed by atoms with van der Waals surface area (Å²) in [5, 5.41) is 23.4. The summed E-state index contributed by atoms with van der Waals surface area (Å²) in [5.74, 6) is -1.86. The van der Waals surface area contributed by atoms with Gasteiger partial charge >= 0.3 is 18.0 Å². The van der Waals surface area contributed by atoms with Crippen molar-refractivity contribution in [1.82, 2.24) is 10.6 Å². The third-order valence-corrected chi connectivity index (χ3v) is 6.56. The molecule has 0 heterocycles. The number of aliphatic hydroxyl groups is 1. The third kappa shape index (κ3) is 19.5. The van der Waals surface area contributed by atoms with E-state index in [0.717, 1.165) is 17.7 Å². The molecule has 256 valence electrons. The van der Waals surface area contributed by atoms with Gasteiger partial charge in [0.05, 0.1) is 23.7 Å². The van der Waals surface area contributed by atoms with Crippen LogP contribution in [0.5, 0.6) is 5.75 Å². The molecule has 3 amide bonds. The molecule has 4 N–H and O–H groups in total. The monoisotopic (exact) mass is 662 g/mol. The number of hydrogen-bond acceptors (Lipinski definition) is 7. The molecule has 0 aliphatic rings. The number of halogens is 1. The second-order valence-corrected chi connectivity index (χ2v) is 12.1. The SMILES string of the molecule is CC(C)CC(OC(=O)C(C)(C)CNC(=O)NC(=O)/C=C/CCC(C)O)C(=O)O.CCc1ccccc1.COc1ccc(C)cc1Cl. The molecule has 2 aromatic rings. The van der Waals surface area contributed by atoms with Gasteiger partial charge in [-0.2, -0.15) is 0 Å². The van der Waals surface area contributed by atoms with Crippen LogP contribution in [0.1, 0.15) is 71.9 Å². The van der Waals surface area contributed by atoms with Crippen LogP contribution in [0.2, 0.25) is 5.02 Å². The standard InChI is InChI=1S/C19H32N2O7.C8H9ClO.C8H10/c1-12(2)10-14(16(24)25)28-17(26)19(4,5)11-20-18(27)21-15(23)9-7-6-8-13(3)22;1-6-3-4-8(10-2)7(9)5-6;1-2-8-6-4-3-5-7-8/h7,9,12-14,22H,6,8,10-11H2,1-5H3,(H,24,25)(H2,20,21,23,27);3-5H,1-2H3;3-7H,2H2,1H3/b9-7+;;. The van der Waals surface area contributed by atoms with E-state index in [0.29, 0.717) is 17.9 Å². The predicted octanol–water partition coefficient (Wildman–Crippen LogP) is 6.50. The Balaban J connectivity index is 0.000000895. The Labute approximate surface area is 278 Å². The topological polar surface area (TPSA) is 151 Å². The number of benzene rings is 2. The lowest BCUT2D eigenvalue weighted by Gasteiger charge is -2.25. The first-order valence-electron chi connectivity index (χ1n) is 15.2. The molecule has 2 rings (SSSR count). The fourth-order valence-electron chi connectivity index (χ4n) is 3.50. The van der Waals surface area contributed by atoms with Crippen LogP contribution in [0.15, 0.2) is 60.7 Å². The number of nitrogens with one attached hydrogen (secondary N) is 2. The number of ether oxygens (including phenoxy) is 2. The lowest BCUT2D eigenvalue weighted by molar-refractivity contribution is -0.171. The van der Waals surface area contributed by atoms with Crippen LogP contribution in [-0.4, -0.2) is 60.0 Å². The second-order valence-electron chi connectivity index (χ2n) is 11.7. The van der Waals surface area contributed by atoms with Crippen LogP contribution in [0, 0.1) is 18.3 Å². The normalized spacial score (nSPS) is 12.1. The highest BCUT2D eigenvalue weighted by Crippen LogP contribution is 2.24. The number of aryl methyl sites for hydroxylation is 2. The minimum Gasteiger partial charge on any atom is -0.495 e. The van der Waals surface area contributed by atoms with Crippen LogP contribution < -0.4 is 15.4 Å². The number of esters is 1. The van der Waals surface area contributed by atoms with Gasteiger partial charge in [0.2, 0.25) is 0 Å². The molecule has 0 aliphatic carbocycles. The molecule has 0 bridgehead atoms. The number of imide groups is 1. The van der Waals surface area contributed by atoms with Gasteiger partial charge in [-0.1, -0.05) is 74.8 Å². The van der Waals surface area contributed by atoms with Gasteiger partial charge in [-0.3, -0.25) is 14.9 Å². The molecule has 0 aliphatic heterocycles. The minimum atomic E-state index is -1.26. The molecule has 11 heteroatoms. The van der Waals surface area contributed by atoms with E-state index in [1.54, 1.807) is 14.0 Å². The van der Waals surface area contributed by atoms with Crippen molar-refractivity contribution in [3.63, 3.8) is 0 Å². The molecule has 0 spiro atoms. The van der Waals surface area contributed by atoms with E-state index in [1.165, 1.54) is 31.6 Å². The summed E-state index contributed by atoms with van der Waals surface area (Å²) in [5.41, 5.74) is 1.37. The Morgan fingerprint density at radius 2 is 1.67 bits per heavy atom. The van der Waals surface area contributed by atoms with E-state index in [9.17, 15) is 19.2 Å². The van der Waals surface area contributed by atoms with Gasteiger partial charge < -0.3 is 25.0 Å². The van der Waals surface area contributed by atoms with Crippen LogP contribution in [0.4, 0.5) is 4.79 Å². The molecular weight excluding hydrogens is 612 g/mol. The van der Waals surface area contributed by atoms with E-state index in [1.807, 2.05) is 45.0 Å². The Hall–Kier alpha value is -3.89. The van der Waals surface area contributed by atoms with Crippen molar-refractivity contribution in [3.05, 3.63) is 76.8 Å². The van der Waals surface area contributed by atoms with Gasteiger partial charge in [0.25, 0.3) is 5.91 Å². The first-order valence-corrected chi connectivity index (χ1v) is 15.6. The van der Waals surface area contributed by atoms with Crippen molar-refractivity contribution >= 4 is 35.5 Å². The van der Waals surface area contributed by atoms with Gasteiger partial charge in [-0.05, 0) is 88.6 Å². The summed E-state index contributed by atoms with van der Waals surface area (Å²) in [7, 11) is 1.61. The Morgan fingerprint density at radius 1 is 1.04 bits per heavy atom. The quantitative estimate of drug-likeness (QED) is 0.140. The zero-order chi connectivity index (χ0) is 35.3. The second kappa shape index (κ2) is 22.6. The van der Waals surface area contributed by atoms with Crippen molar-refractivity contribution in [3.8, 4) is 5.75 Å². The van der Waals surface area contributed by atoms with Gasteiger partial charge in [0.1, 0.15) is 5.75 Å². The molecule has 0 aromatic heterocycles. The number of rotatable bonds is 13. The number of carboxylic acids is 1. The zero-order valence-corrected chi connectivity index (χ0v) is 29.0. The number of aliphatic carboxylic acids is 1. The van der Waals surface area contributed by atoms with Gasteiger partial charge in [0.15, 0.2) is 6.10 Å². The van der Waals surface area contributed by atoms with Crippen molar-refractivity contribution < 1.29 is 38.9 Å². The molecule has 2 unspecified atom stereocenters. The number of methoxy groups -OCH3 is 1. The van der Waals surface area contributed by atoms with Gasteiger partial charge in [-0.15, -0.1) is 0 Å². The lowest BCUT2D eigenvalue weighted by Crippen LogP contribution is -2.46. The number of aliphatic hydroxyl groups excluding tert-OH is 1. The van der Waals surface area contributed by atoms with Crippen LogP contribution in [0.3, 0.4) is 0 Å². The molecular formula is C35H51ClN2O8. The zero-order valence-electron chi connectivity index (χ0n) is 28.3. The van der Waals surface area contributed by atoms with Gasteiger partial charge in [0, 0.05) is 6.54 Å². The number of carbonyl (C=O) groups excluding carboxylic acids is 3. The summed E-state index contributed by atoms with van der Waals surface area (Å²) in [4.78, 5) is 46.9. The number of amides is 3. The Bertz CT molecular complexity index is 1250. The largest absolute Gasteiger partial charge is 0.495 e. The smallest absolute Gasteiger partial charge is 0.345 e. The lowest BCUT2D eigenvalue weighted by atomic mass is 9.93. The first kappa shape index (κ1) is 42.1. The van der Waals surface area contributed by atoms with Crippen LogP contribution in [0.25, 0.3) is 0 Å². The number of hydrogen-bond donors (Lipinski definition) is 4. The highest BCUT2D eigenvalue weighted by Gasteiger charge is 2.34. The molecule has 0 fully saturated rings. The number of carboxylic acid groups (broad SMARTS) is 1. The Kier molecular flexibility index (Phi) is 20.7. The Morgan fingerprint density at radius 3 is 2.15 bits per heavy atom. The molecule has 0 saturated heterocycles. The summed E-state index contributed by atoms with van der Waals surface area (Å²) in [6.07, 6.45) is 3.31. The van der Waals surface area contributed by atoms with Crippen molar-refractivity contribution in [1.29, 1.82) is 0 Å². The van der Waals surface area contributed by atoms with Crippen molar-refractivity contribution in [2.45, 2.75) is 86.4 Å². The third-order valence-electron chi connectivity index (χ3n) is 6.27. The summed E-state index contributed by atoms with van der Waals surface area (Å²) < 4.78 is 10.0. The van der Waals surface area contributed by atoms with E-state index >= 15 is 0 Å². The molecule has 0 radical (unpaired) electrons. The summed E-state index contributed by atoms with van der Waals surface area (Å²) in [6, 6.07) is 15.4. The van der Waals surface area contributed by atoms with E-state index in [2.05, 4.69) is 41.8 Å². The van der Waals surface area contributed by atoms with Crippen LogP contribution in [-0.2, 0) is 25.5 Å². The molecule has 2 atom stereocenters. The summed E-state index contributed by atoms with van der Waals surface area (Å²) in [6.45, 7) is 12.3. The number of carbonyl (C=O) groups is 4. The maximum absolute atomic E-state index is 12.3. The highest BCUT2D eigenvalue weighted by molar-refractivity contribution is 6.32. The van der Waals surface area contributed by atoms with E-state index in [-0.39, 0.29) is 18.9 Å².